The molecule has 1 amide bonds. The minimum Gasteiger partial charge on any atom is -0.481 e. The van der Waals surface area contributed by atoms with E-state index in [1.54, 1.807) is 0 Å². The Kier molecular flexibility index (Phi) is 2.18. The van der Waals surface area contributed by atoms with Crippen LogP contribution in [0.5, 0.6) is 0 Å². The van der Waals surface area contributed by atoms with Gasteiger partial charge in [-0.2, -0.15) is 0 Å². The fourth-order valence-corrected chi connectivity index (χ4v) is 2.99. The van der Waals surface area contributed by atoms with E-state index in [1.165, 1.54) is 0 Å². The number of carbonyl (C=O) groups excluding carboxylic acids is 1. The summed E-state index contributed by atoms with van der Waals surface area (Å²) in [5.74, 6) is -1.05. The van der Waals surface area contributed by atoms with Crippen LogP contribution in [0.1, 0.15) is 29.9 Å². The number of amides is 1. The van der Waals surface area contributed by atoms with Gasteiger partial charge in [-0.1, -0.05) is 12.1 Å². The van der Waals surface area contributed by atoms with Gasteiger partial charge in [-0.3, -0.25) is 9.59 Å². The molecule has 88 valence electrons. The second-order valence-corrected chi connectivity index (χ2v) is 4.80. The topological polar surface area (TPSA) is 66.4 Å². The molecule has 1 aromatic rings. The molecule has 2 atom stereocenters. The molecule has 0 fully saturated rings. The second-order valence-electron chi connectivity index (χ2n) is 4.80. The highest BCUT2D eigenvalue weighted by molar-refractivity contribution is 5.95. The van der Waals surface area contributed by atoms with Gasteiger partial charge in [0.2, 0.25) is 5.91 Å². The van der Waals surface area contributed by atoms with Gasteiger partial charge in [-0.15, -0.1) is 0 Å². The van der Waals surface area contributed by atoms with Crippen LogP contribution in [-0.2, 0) is 16.0 Å². The Morgan fingerprint density at radius 2 is 2.18 bits per heavy atom. The first-order chi connectivity index (χ1) is 8.15. The SMILES string of the molecule is O=C1CC2CC(C(=O)O)Cc3cccc(c32)N1. The fourth-order valence-electron chi connectivity index (χ4n) is 2.99. The Hall–Kier alpha value is -1.84. The Balaban J connectivity index is 2.08. The van der Waals surface area contributed by atoms with Crippen molar-refractivity contribution < 1.29 is 14.7 Å². The lowest BCUT2D eigenvalue weighted by Crippen LogP contribution is -2.31. The summed E-state index contributed by atoms with van der Waals surface area (Å²) in [5, 5.41) is 12.0. The smallest absolute Gasteiger partial charge is 0.306 e. The number of hydrogen-bond donors (Lipinski definition) is 2. The van der Waals surface area contributed by atoms with E-state index < -0.39 is 5.97 Å². The molecular formula is C13H13NO3. The molecule has 2 aliphatic rings. The minimum absolute atomic E-state index is 0.00862. The minimum atomic E-state index is -0.757. The van der Waals surface area contributed by atoms with E-state index in [0.29, 0.717) is 19.3 Å². The predicted molar refractivity (Wildman–Crippen MR) is 61.9 cm³/mol. The number of carbonyl (C=O) groups is 2. The Labute approximate surface area is 98.6 Å². The number of rotatable bonds is 1. The van der Waals surface area contributed by atoms with Crippen molar-refractivity contribution in [1.82, 2.24) is 0 Å². The third-order valence-corrected chi connectivity index (χ3v) is 3.70. The number of anilines is 1. The van der Waals surface area contributed by atoms with Crippen LogP contribution in [0.25, 0.3) is 0 Å². The van der Waals surface area contributed by atoms with Gasteiger partial charge in [0.15, 0.2) is 0 Å². The summed E-state index contributed by atoms with van der Waals surface area (Å²) >= 11 is 0. The Bertz CT molecular complexity index is 509. The van der Waals surface area contributed by atoms with Crippen molar-refractivity contribution in [2.45, 2.75) is 25.2 Å². The van der Waals surface area contributed by atoms with E-state index in [1.807, 2.05) is 18.2 Å². The lowest BCUT2D eigenvalue weighted by molar-refractivity contribution is -0.142. The Morgan fingerprint density at radius 3 is 2.94 bits per heavy atom. The zero-order valence-electron chi connectivity index (χ0n) is 9.27. The van der Waals surface area contributed by atoms with Crippen molar-refractivity contribution in [3.63, 3.8) is 0 Å². The molecule has 0 saturated carbocycles. The normalized spacial score (nSPS) is 26.0. The van der Waals surface area contributed by atoms with Gasteiger partial charge in [0.25, 0.3) is 0 Å². The van der Waals surface area contributed by atoms with Crippen molar-refractivity contribution in [1.29, 1.82) is 0 Å². The van der Waals surface area contributed by atoms with Crippen LogP contribution in [0.2, 0.25) is 0 Å². The van der Waals surface area contributed by atoms with Gasteiger partial charge in [-0.25, -0.2) is 0 Å². The van der Waals surface area contributed by atoms with Crippen LogP contribution in [0.3, 0.4) is 0 Å². The maximum atomic E-state index is 11.5. The zero-order valence-corrected chi connectivity index (χ0v) is 9.27. The molecule has 0 saturated heterocycles. The molecule has 0 spiro atoms. The van der Waals surface area contributed by atoms with Crippen molar-refractivity contribution in [2.24, 2.45) is 5.92 Å². The summed E-state index contributed by atoms with van der Waals surface area (Å²) in [5.41, 5.74) is 3.10. The molecule has 17 heavy (non-hydrogen) atoms. The second kappa shape index (κ2) is 3.58. The summed E-state index contributed by atoms with van der Waals surface area (Å²) in [6, 6.07) is 5.74. The molecule has 4 heteroatoms. The lowest BCUT2D eigenvalue weighted by Gasteiger charge is -2.34. The maximum Gasteiger partial charge on any atom is 0.306 e. The fraction of sp³-hybridized carbons (Fsp3) is 0.385. The lowest BCUT2D eigenvalue weighted by atomic mass is 9.73. The monoisotopic (exact) mass is 231 g/mol. The zero-order chi connectivity index (χ0) is 12.0. The largest absolute Gasteiger partial charge is 0.481 e. The van der Waals surface area contributed by atoms with Crippen LogP contribution < -0.4 is 5.32 Å². The Morgan fingerprint density at radius 1 is 1.35 bits per heavy atom. The van der Waals surface area contributed by atoms with Crippen LogP contribution in [0, 0.1) is 5.92 Å². The van der Waals surface area contributed by atoms with E-state index in [0.717, 1.165) is 16.8 Å². The van der Waals surface area contributed by atoms with Gasteiger partial charge in [-0.05, 0) is 36.0 Å². The summed E-state index contributed by atoms with van der Waals surface area (Å²) in [6.07, 6.45) is 1.56. The van der Waals surface area contributed by atoms with Crippen LogP contribution in [0.4, 0.5) is 5.69 Å². The van der Waals surface area contributed by atoms with E-state index in [-0.39, 0.29) is 17.7 Å². The average Bonchev–Trinajstić information content (AvgIpc) is 2.28. The number of carboxylic acids is 1. The summed E-state index contributed by atoms with van der Waals surface area (Å²) < 4.78 is 0. The molecule has 0 aromatic heterocycles. The molecule has 2 N–H and O–H groups in total. The molecular weight excluding hydrogens is 218 g/mol. The predicted octanol–water partition coefficient (Wildman–Crippen LogP) is 1.76. The summed E-state index contributed by atoms with van der Waals surface area (Å²) in [7, 11) is 0. The van der Waals surface area contributed by atoms with E-state index >= 15 is 0 Å². The number of benzene rings is 1. The standard InChI is InChI=1S/C13H13NO3/c15-11-6-8-5-9(13(16)17)4-7-2-1-3-10(14-11)12(7)8/h1-3,8-9H,4-6H2,(H,14,15)(H,16,17). The van der Waals surface area contributed by atoms with Crippen LogP contribution >= 0.6 is 0 Å². The highest BCUT2D eigenvalue weighted by Gasteiger charge is 2.36. The molecule has 4 nitrogen and oxygen atoms in total. The third-order valence-electron chi connectivity index (χ3n) is 3.70. The van der Waals surface area contributed by atoms with E-state index in [2.05, 4.69) is 5.32 Å². The first kappa shape index (κ1) is 10.3. The number of aliphatic carboxylic acids is 1. The van der Waals surface area contributed by atoms with E-state index in [4.69, 9.17) is 5.11 Å². The highest BCUT2D eigenvalue weighted by Crippen LogP contribution is 2.43. The molecule has 3 rings (SSSR count). The molecule has 2 unspecified atom stereocenters. The molecule has 1 aliphatic carbocycles. The maximum absolute atomic E-state index is 11.5. The molecule has 1 aliphatic heterocycles. The number of nitrogens with one attached hydrogen (secondary N) is 1. The van der Waals surface area contributed by atoms with E-state index in [9.17, 15) is 9.59 Å². The molecule has 1 aromatic carbocycles. The molecule has 1 heterocycles. The van der Waals surface area contributed by atoms with Crippen LogP contribution in [-0.4, -0.2) is 17.0 Å². The first-order valence-corrected chi connectivity index (χ1v) is 5.79. The van der Waals surface area contributed by atoms with Crippen molar-refractivity contribution in [2.75, 3.05) is 5.32 Å². The van der Waals surface area contributed by atoms with Crippen molar-refractivity contribution >= 4 is 17.6 Å². The number of hydrogen-bond acceptors (Lipinski definition) is 2. The average molecular weight is 231 g/mol. The highest BCUT2D eigenvalue weighted by atomic mass is 16.4. The van der Waals surface area contributed by atoms with Gasteiger partial charge in [0.05, 0.1) is 5.92 Å². The third kappa shape index (κ3) is 1.60. The first-order valence-electron chi connectivity index (χ1n) is 5.79. The van der Waals surface area contributed by atoms with Crippen molar-refractivity contribution in [3.05, 3.63) is 29.3 Å². The van der Waals surface area contributed by atoms with Gasteiger partial charge >= 0.3 is 5.97 Å². The van der Waals surface area contributed by atoms with Gasteiger partial charge in [0.1, 0.15) is 0 Å². The van der Waals surface area contributed by atoms with Gasteiger partial charge < -0.3 is 10.4 Å². The van der Waals surface area contributed by atoms with Crippen LogP contribution in [0.15, 0.2) is 18.2 Å². The molecule has 0 bridgehead atoms. The quantitative estimate of drug-likeness (QED) is 0.774. The number of carboxylic acid groups (broad SMARTS) is 1. The summed E-state index contributed by atoms with van der Waals surface area (Å²) in [4.78, 5) is 22.7. The van der Waals surface area contributed by atoms with Crippen molar-refractivity contribution in [3.8, 4) is 0 Å². The summed E-state index contributed by atoms with van der Waals surface area (Å²) in [6.45, 7) is 0. The molecule has 0 radical (unpaired) electrons. The van der Waals surface area contributed by atoms with Gasteiger partial charge in [0, 0.05) is 12.1 Å².